The van der Waals surface area contributed by atoms with Gasteiger partial charge in [-0.3, -0.25) is 4.98 Å². The smallest absolute Gasteiger partial charge is 0.237 e. The number of benzene rings is 2. The maximum atomic E-state index is 5.97. The minimum atomic E-state index is -0.197. The number of ether oxygens (including phenoxy) is 3. The fraction of sp³-hybridized carbons (Fsp3) is 0.182. The van der Waals surface area contributed by atoms with Crippen molar-refractivity contribution < 1.29 is 18.6 Å². The molecule has 4 aromatic rings. The van der Waals surface area contributed by atoms with Crippen molar-refractivity contribution in [3.05, 3.63) is 77.9 Å². The zero-order valence-corrected chi connectivity index (χ0v) is 15.3. The van der Waals surface area contributed by atoms with E-state index in [1.54, 1.807) is 13.3 Å². The van der Waals surface area contributed by atoms with Gasteiger partial charge in [0.15, 0.2) is 11.7 Å². The number of methoxy groups -OCH3 is 1. The first-order valence-corrected chi connectivity index (χ1v) is 9.05. The summed E-state index contributed by atoms with van der Waals surface area (Å²) in [5, 5.41) is 0. The molecule has 0 spiro atoms. The van der Waals surface area contributed by atoms with E-state index in [1.165, 1.54) is 5.56 Å². The topological polar surface area (TPSA) is 66.6 Å². The van der Waals surface area contributed by atoms with Crippen molar-refractivity contribution in [3.63, 3.8) is 0 Å². The number of hydrogen-bond donors (Lipinski definition) is 0. The van der Waals surface area contributed by atoms with Crippen LogP contribution in [0.5, 0.6) is 17.2 Å². The van der Waals surface area contributed by atoms with Gasteiger partial charge >= 0.3 is 0 Å². The molecule has 140 valence electrons. The van der Waals surface area contributed by atoms with Crippen LogP contribution in [0, 0.1) is 0 Å². The Bertz CT molecular complexity index is 1100. The highest BCUT2D eigenvalue weighted by Crippen LogP contribution is 2.37. The maximum Gasteiger partial charge on any atom is 0.237 e. The van der Waals surface area contributed by atoms with Crippen LogP contribution in [-0.2, 0) is 13.0 Å². The van der Waals surface area contributed by atoms with E-state index in [0.29, 0.717) is 23.8 Å². The molecule has 1 atom stereocenters. The first-order valence-electron chi connectivity index (χ1n) is 9.05. The number of rotatable bonds is 5. The normalized spacial score (nSPS) is 15.2. The Morgan fingerprint density at radius 2 is 1.96 bits per heavy atom. The minimum Gasteiger partial charge on any atom is -0.495 e. The number of hydrogen-bond acceptors (Lipinski definition) is 6. The van der Waals surface area contributed by atoms with Gasteiger partial charge in [-0.2, -0.15) is 0 Å². The van der Waals surface area contributed by atoms with E-state index in [1.807, 2.05) is 48.5 Å². The predicted molar refractivity (Wildman–Crippen MR) is 103 cm³/mol. The summed E-state index contributed by atoms with van der Waals surface area (Å²) in [6, 6.07) is 17.4. The Morgan fingerprint density at radius 3 is 2.79 bits per heavy atom. The molecule has 0 bridgehead atoms. The quantitative estimate of drug-likeness (QED) is 0.513. The predicted octanol–water partition coefficient (Wildman–Crippen LogP) is 4.49. The summed E-state index contributed by atoms with van der Waals surface area (Å²) < 4.78 is 22.8. The molecule has 0 saturated heterocycles. The zero-order valence-electron chi connectivity index (χ0n) is 15.3. The Balaban J connectivity index is 1.31. The highest BCUT2D eigenvalue weighted by molar-refractivity contribution is 5.74. The van der Waals surface area contributed by atoms with Crippen molar-refractivity contribution in [2.75, 3.05) is 7.11 Å². The Labute approximate surface area is 161 Å². The molecule has 0 saturated carbocycles. The molecular formula is C22H18N2O4. The summed E-state index contributed by atoms with van der Waals surface area (Å²) in [7, 11) is 1.61. The highest BCUT2D eigenvalue weighted by atomic mass is 16.5. The molecule has 0 amide bonds. The molecule has 6 heteroatoms. The van der Waals surface area contributed by atoms with Crippen molar-refractivity contribution in [3.8, 4) is 17.2 Å². The summed E-state index contributed by atoms with van der Waals surface area (Å²) >= 11 is 0. The first-order chi connectivity index (χ1) is 13.8. The van der Waals surface area contributed by atoms with Gasteiger partial charge in [-0.1, -0.05) is 18.2 Å². The van der Waals surface area contributed by atoms with Crippen LogP contribution >= 0.6 is 0 Å². The molecule has 0 radical (unpaired) electrons. The van der Waals surface area contributed by atoms with Gasteiger partial charge in [0, 0.05) is 12.5 Å². The van der Waals surface area contributed by atoms with Crippen LogP contribution in [0.1, 0.15) is 23.3 Å². The van der Waals surface area contributed by atoms with E-state index in [-0.39, 0.29) is 6.10 Å². The molecule has 1 aliphatic rings. The lowest BCUT2D eigenvalue weighted by atomic mass is 10.1. The number of para-hydroxylation sites is 1. The Hall–Kier alpha value is -3.54. The Kier molecular flexibility index (Phi) is 4.09. The lowest BCUT2D eigenvalue weighted by molar-refractivity contribution is 0.201. The van der Waals surface area contributed by atoms with E-state index >= 15 is 0 Å². The van der Waals surface area contributed by atoms with Crippen LogP contribution in [0.2, 0.25) is 0 Å². The van der Waals surface area contributed by atoms with E-state index < -0.39 is 0 Å². The maximum absolute atomic E-state index is 5.97. The van der Waals surface area contributed by atoms with Gasteiger partial charge in [-0.25, -0.2) is 4.98 Å². The zero-order chi connectivity index (χ0) is 18.9. The van der Waals surface area contributed by atoms with Gasteiger partial charge < -0.3 is 18.6 Å². The van der Waals surface area contributed by atoms with Gasteiger partial charge in [0.25, 0.3) is 0 Å². The van der Waals surface area contributed by atoms with Crippen LogP contribution in [-0.4, -0.2) is 17.1 Å². The van der Waals surface area contributed by atoms with Crippen molar-refractivity contribution >= 4 is 11.1 Å². The molecule has 2 aromatic heterocycles. The summed E-state index contributed by atoms with van der Waals surface area (Å²) in [6.45, 7) is 0.362. The number of aromatic nitrogens is 2. The molecule has 1 aliphatic heterocycles. The van der Waals surface area contributed by atoms with E-state index in [9.17, 15) is 0 Å². The van der Waals surface area contributed by atoms with Crippen molar-refractivity contribution in [2.45, 2.75) is 19.1 Å². The molecule has 0 N–H and O–H groups in total. The average molecular weight is 374 g/mol. The Morgan fingerprint density at radius 1 is 1.07 bits per heavy atom. The molecule has 0 fully saturated rings. The van der Waals surface area contributed by atoms with Crippen molar-refractivity contribution in [1.82, 2.24) is 9.97 Å². The summed E-state index contributed by atoms with van der Waals surface area (Å²) in [4.78, 5) is 8.91. The average Bonchev–Trinajstić information content (AvgIpc) is 3.36. The van der Waals surface area contributed by atoms with Gasteiger partial charge in [0.05, 0.1) is 19.0 Å². The summed E-state index contributed by atoms with van der Waals surface area (Å²) in [5.41, 5.74) is 3.45. The summed E-state index contributed by atoms with van der Waals surface area (Å²) in [6.07, 6.45) is 2.23. The molecule has 3 heterocycles. The fourth-order valence-corrected chi connectivity index (χ4v) is 3.25. The third-order valence-corrected chi connectivity index (χ3v) is 4.72. The largest absolute Gasteiger partial charge is 0.495 e. The minimum absolute atomic E-state index is 0.197. The third-order valence-electron chi connectivity index (χ3n) is 4.72. The molecule has 6 nitrogen and oxygen atoms in total. The third kappa shape index (κ3) is 3.13. The van der Waals surface area contributed by atoms with Crippen LogP contribution in [0.3, 0.4) is 0 Å². The van der Waals surface area contributed by atoms with Crippen LogP contribution < -0.4 is 14.2 Å². The monoisotopic (exact) mass is 374 g/mol. The SMILES string of the molecule is COc1ccc(COc2ccc3oc(C4Cc5ccccc5O4)nc3c2)nc1. The number of pyridine rings is 1. The van der Waals surface area contributed by atoms with E-state index in [0.717, 1.165) is 29.1 Å². The molecule has 5 rings (SSSR count). The summed E-state index contributed by atoms with van der Waals surface area (Å²) in [5.74, 6) is 2.91. The van der Waals surface area contributed by atoms with E-state index in [2.05, 4.69) is 16.0 Å². The lowest BCUT2D eigenvalue weighted by Crippen LogP contribution is -2.03. The number of oxazole rings is 1. The molecule has 0 aliphatic carbocycles. The van der Waals surface area contributed by atoms with Crippen molar-refractivity contribution in [2.24, 2.45) is 0 Å². The fourth-order valence-electron chi connectivity index (χ4n) is 3.25. The molecule has 1 unspecified atom stereocenters. The van der Waals surface area contributed by atoms with Gasteiger partial charge in [-0.05, 0) is 35.9 Å². The van der Waals surface area contributed by atoms with Gasteiger partial charge in [0.1, 0.15) is 29.4 Å². The molecule has 2 aromatic carbocycles. The van der Waals surface area contributed by atoms with Crippen LogP contribution in [0.25, 0.3) is 11.1 Å². The second-order valence-electron chi connectivity index (χ2n) is 6.58. The number of nitrogens with zero attached hydrogens (tertiary/aromatic N) is 2. The first kappa shape index (κ1) is 16.6. The standard InChI is InChI=1S/C22H18N2O4/c1-25-17-7-6-15(23-12-17)13-26-16-8-9-20-18(11-16)24-22(28-20)21-10-14-4-2-3-5-19(14)27-21/h2-9,11-12,21H,10,13H2,1H3. The van der Waals surface area contributed by atoms with Gasteiger partial charge in [-0.15, -0.1) is 0 Å². The second kappa shape index (κ2) is 6.88. The molecular weight excluding hydrogens is 356 g/mol. The van der Waals surface area contributed by atoms with Crippen LogP contribution in [0.4, 0.5) is 0 Å². The number of fused-ring (bicyclic) bond motifs is 2. The lowest BCUT2D eigenvalue weighted by Gasteiger charge is -2.06. The second-order valence-corrected chi connectivity index (χ2v) is 6.58. The van der Waals surface area contributed by atoms with Gasteiger partial charge in [0.2, 0.25) is 5.89 Å². The highest BCUT2D eigenvalue weighted by Gasteiger charge is 2.28. The van der Waals surface area contributed by atoms with E-state index in [4.69, 9.17) is 18.6 Å². The van der Waals surface area contributed by atoms with Crippen molar-refractivity contribution in [1.29, 1.82) is 0 Å². The van der Waals surface area contributed by atoms with Crippen LogP contribution in [0.15, 0.2) is 65.2 Å². The molecule has 28 heavy (non-hydrogen) atoms.